The first-order chi connectivity index (χ1) is 12.4. The van der Waals surface area contributed by atoms with Gasteiger partial charge in [0.25, 0.3) is 5.91 Å². The molecule has 0 spiro atoms. The topological polar surface area (TPSA) is 84.5 Å². The highest BCUT2D eigenvalue weighted by molar-refractivity contribution is 5.95. The summed E-state index contributed by atoms with van der Waals surface area (Å²) in [6.07, 6.45) is 0.112. The van der Waals surface area contributed by atoms with Gasteiger partial charge in [-0.1, -0.05) is 12.1 Å². The van der Waals surface area contributed by atoms with Crippen LogP contribution in [0.3, 0.4) is 0 Å². The monoisotopic (exact) mass is 354 g/mol. The maximum Gasteiger partial charge on any atom is 0.251 e. The van der Waals surface area contributed by atoms with Gasteiger partial charge in [0.1, 0.15) is 5.75 Å². The summed E-state index contributed by atoms with van der Waals surface area (Å²) in [5.41, 5.74) is 2.65. The number of carbonyl (C=O) groups is 3. The van der Waals surface area contributed by atoms with Gasteiger partial charge in [-0.2, -0.15) is 0 Å². The summed E-state index contributed by atoms with van der Waals surface area (Å²) in [6.45, 7) is 1.83. The van der Waals surface area contributed by atoms with E-state index in [1.165, 1.54) is 14.0 Å². The molecule has 136 valence electrons. The molecule has 2 N–H and O–H groups in total. The average Bonchev–Trinajstić information content (AvgIpc) is 2.66. The third-order valence-corrected chi connectivity index (χ3v) is 3.97. The Hall–Kier alpha value is -3.15. The van der Waals surface area contributed by atoms with Gasteiger partial charge in [-0.05, 0) is 42.8 Å². The molecule has 2 aromatic rings. The van der Waals surface area contributed by atoms with Crippen LogP contribution in [0.1, 0.15) is 38.8 Å². The van der Waals surface area contributed by atoms with Crippen molar-refractivity contribution in [1.29, 1.82) is 0 Å². The van der Waals surface area contributed by atoms with E-state index in [9.17, 15) is 14.4 Å². The van der Waals surface area contributed by atoms with Crippen molar-refractivity contribution in [3.63, 3.8) is 0 Å². The second kappa shape index (κ2) is 8.80. The zero-order valence-electron chi connectivity index (χ0n) is 15.1. The van der Waals surface area contributed by atoms with Gasteiger partial charge in [0.2, 0.25) is 5.91 Å². The van der Waals surface area contributed by atoms with Crippen molar-refractivity contribution in [2.24, 2.45) is 0 Å². The van der Waals surface area contributed by atoms with E-state index in [0.29, 0.717) is 29.0 Å². The number of carbonyl (C=O) groups excluding carboxylic acids is 3. The van der Waals surface area contributed by atoms with Crippen molar-refractivity contribution in [2.45, 2.75) is 19.9 Å². The van der Waals surface area contributed by atoms with Crippen molar-refractivity contribution in [3.05, 3.63) is 64.7 Å². The lowest BCUT2D eigenvalue weighted by molar-refractivity contribution is -0.120. The molecule has 0 fully saturated rings. The number of ketones is 1. The second-order valence-corrected chi connectivity index (χ2v) is 5.81. The summed E-state index contributed by atoms with van der Waals surface area (Å²) in [5.74, 6) is 0.169. The number of hydrogen-bond acceptors (Lipinski definition) is 4. The van der Waals surface area contributed by atoms with E-state index in [1.54, 1.807) is 49.5 Å². The molecule has 26 heavy (non-hydrogen) atoms. The largest absolute Gasteiger partial charge is 0.496 e. The molecule has 0 atom stereocenters. The molecule has 0 bridgehead atoms. The van der Waals surface area contributed by atoms with Crippen LogP contribution in [0.15, 0.2) is 42.5 Å². The predicted molar refractivity (Wildman–Crippen MR) is 98.4 cm³/mol. The molecular weight excluding hydrogens is 332 g/mol. The molecule has 0 heterocycles. The van der Waals surface area contributed by atoms with E-state index < -0.39 is 0 Å². The van der Waals surface area contributed by atoms with Crippen molar-refractivity contribution < 1.29 is 19.1 Å². The number of ether oxygens (including phenoxy) is 1. The molecule has 0 aliphatic rings. The SMILES string of the molecule is CNC(=O)c1ccc(CNC(=O)Cc2cc(C(C)=O)ccc2OC)cc1. The summed E-state index contributed by atoms with van der Waals surface area (Å²) < 4.78 is 5.26. The van der Waals surface area contributed by atoms with Gasteiger partial charge in [0.05, 0.1) is 13.5 Å². The Labute approximate surface area is 152 Å². The number of benzene rings is 2. The molecule has 0 unspecified atom stereocenters. The Bertz CT molecular complexity index is 813. The third-order valence-electron chi connectivity index (χ3n) is 3.97. The summed E-state index contributed by atoms with van der Waals surface area (Å²) in [6, 6.07) is 12.1. The van der Waals surface area contributed by atoms with E-state index in [2.05, 4.69) is 10.6 Å². The van der Waals surface area contributed by atoms with Gasteiger partial charge in [0, 0.05) is 30.3 Å². The van der Waals surface area contributed by atoms with Crippen LogP contribution in [0, 0.1) is 0 Å². The number of hydrogen-bond donors (Lipinski definition) is 2. The van der Waals surface area contributed by atoms with Crippen LogP contribution in [-0.2, 0) is 17.8 Å². The van der Waals surface area contributed by atoms with Crippen LogP contribution in [0.4, 0.5) is 0 Å². The summed E-state index contributed by atoms with van der Waals surface area (Å²) in [4.78, 5) is 35.3. The Morgan fingerprint density at radius 1 is 1.00 bits per heavy atom. The fourth-order valence-electron chi connectivity index (χ4n) is 2.49. The third kappa shape index (κ3) is 4.92. The van der Waals surface area contributed by atoms with Crippen LogP contribution in [-0.4, -0.2) is 31.8 Å². The number of amides is 2. The lowest BCUT2D eigenvalue weighted by atomic mass is 10.0. The minimum absolute atomic E-state index is 0.0643. The molecule has 2 aromatic carbocycles. The molecule has 0 radical (unpaired) electrons. The second-order valence-electron chi connectivity index (χ2n) is 5.81. The maximum atomic E-state index is 12.2. The molecule has 0 aromatic heterocycles. The zero-order valence-corrected chi connectivity index (χ0v) is 15.1. The fourth-order valence-corrected chi connectivity index (χ4v) is 2.49. The quantitative estimate of drug-likeness (QED) is 0.746. The number of methoxy groups -OCH3 is 1. The number of Topliss-reactive ketones (excluding diaryl/α,β-unsaturated/α-hetero) is 1. The Balaban J connectivity index is 1.99. The molecule has 2 rings (SSSR count). The van der Waals surface area contributed by atoms with E-state index >= 15 is 0 Å². The first-order valence-corrected chi connectivity index (χ1v) is 8.20. The van der Waals surface area contributed by atoms with Gasteiger partial charge in [-0.3, -0.25) is 14.4 Å². The van der Waals surface area contributed by atoms with Crippen molar-refractivity contribution >= 4 is 17.6 Å². The summed E-state index contributed by atoms with van der Waals surface area (Å²) in [5, 5.41) is 5.39. The van der Waals surface area contributed by atoms with Gasteiger partial charge < -0.3 is 15.4 Å². The van der Waals surface area contributed by atoms with Crippen LogP contribution >= 0.6 is 0 Å². The number of rotatable bonds is 7. The normalized spacial score (nSPS) is 10.1. The highest BCUT2D eigenvalue weighted by Gasteiger charge is 2.11. The van der Waals surface area contributed by atoms with Crippen molar-refractivity contribution in [3.8, 4) is 5.75 Å². The Morgan fingerprint density at radius 2 is 1.65 bits per heavy atom. The Kier molecular flexibility index (Phi) is 6.49. The van der Waals surface area contributed by atoms with E-state index in [0.717, 1.165) is 5.56 Å². The molecule has 0 saturated heterocycles. The predicted octanol–water partition coefficient (Wildman–Crippen LogP) is 2.12. The average molecular weight is 354 g/mol. The maximum absolute atomic E-state index is 12.2. The molecule has 0 saturated carbocycles. The zero-order chi connectivity index (χ0) is 19.1. The highest BCUT2D eigenvalue weighted by Crippen LogP contribution is 2.21. The summed E-state index contributed by atoms with van der Waals surface area (Å²) in [7, 11) is 3.10. The van der Waals surface area contributed by atoms with E-state index in [-0.39, 0.29) is 24.0 Å². The van der Waals surface area contributed by atoms with Gasteiger partial charge >= 0.3 is 0 Å². The van der Waals surface area contributed by atoms with Crippen molar-refractivity contribution in [1.82, 2.24) is 10.6 Å². The molecule has 2 amide bonds. The van der Waals surface area contributed by atoms with Crippen LogP contribution < -0.4 is 15.4 Å². The lowest BCUT2D eigenvalue weighted by Crippen LogP contribution is -2.25. The smallest absolute Gasteiger partial charge is 0.251 e. The number of nitrogens with one attached hydrogen (secondary N) is 2. The van der Waals surface area contributed by atoms with Crippen LogP contribution in [0.2, 0.25) is 0 Å². The standard InChI is InChI=1S/C20H22N2O4/c1-13(23)16-8-9-18(26-3)17(10-16)11-19(24)22-12-14-4-6-15(7-5-14)20(25)21-2/h4-10H,11-12H2,1-3H3,(H,21,25)(H,22,24). The van der Waals surface area contributed by atoms with Crippen molar-refractivity contribution in [2.75, 3.05) is 14.2 Å². The minimum atomic E-state index is -0.181. The van der Waals surface area contributed by atoms with E-state index in [1.807, 2.05) is 0 Å². The van der Waals surface area contributed by atoms with Crippen LogP contribution in [0.5, 0.6) is 5.75 Å². The van der Waals surface area contributed by atoms with Gasteiger partial charge in [-0.25, -0.2) is 0 Å². The molecule has 0 aliphatic carbocycles. The van der Waals surface area contributed by atoms with E-state index in [4.69, 9.17) is 4.74 Å². The molecule has 6 heteroatoms. The molecular formula is C20H22N2O4. The first kappa shape index (κ1) is 19.2. The lowest BCUT2D eigenvalue weighted by Gasteiger charge is -2.11. The first-order valence-electron chi connectivity index (χ1n) is 8.20. The molecule has 6 nitrogen and oxygen atoms in total. The summed E-state index contributed by atoms with van der Waals surface area (Å²) >= 11 is 0. The fraction of sp³-hybridized carbons (Fsp3) is 0.250. The highest BCUT2D eigenvalue weighted by atomic mass is 16.5. The Morgan fingerprint density at radius 3 is 2.23 bits per heavy atom. The molecule has 0 aliphatic heterocycles. The van der Waals surface area contributed by atoms with Gasteiger partial charge in [-0.15, -0.1) is 0 Å². The minimum Gasteiger partial charge on any atom is -0.496 e. The van der Waals surface area contributed by atoms with Crippen LogP contribution in [0.25, 0.3) is 0 Å². The van der Waals surface area contributed by atoms with Gasteiger partial charge in [0.15, 0.2) is 5.78 Å².